The van der Waals surface area contributed by atoms with Crippen molar-refractivity contribution >= 4 is 27.6 Å². The largest absolute Gasteiger partial charge is 0.480 e. The number of nitrogens with one attached hydrogen (secondary N) is 1. The lowest BCUT2D eigenvalue weighted by Crippen LogP contribution is -2.41. The van der Waals surface area contributed by atoms with Gasteiger partial charge >= 0.3 is 5.97 Å². The number of carboxylic acids is 1. The lowest BCUT2D eigenvalue weighted by Gasteiger charge is -2.17. The fraction of sp³-hybridized carbons (Fsp3) is 0.417. The number of carboxylic acid groups (broad SMARTS) is 1. The summed E-state index contributed by atoms with van der Waals surface area (Å²) in [6.45, 7) is 3.51. The first-order valence-electron chi connectivity index (χ1n) is 5.83. The molecule has 0 aliphatic heterocycles. The Morgan fingerprint density at radius 1 is 1.45 bits per heavy atom. The molecule has 20 heavy (non-hydrogen) atoms. The number of hydrogen-bond donors (Lipinski definition) is 2. The van der Waals surface area contributed by atoms with E-state index in [0.29, 0.717) is 0 Å². The highest BCUT2D eigenvalue weighted by Gasteiger charge is 2.28. The van der Waals surface area contributed by atoms with Gasteiger partial charge in [0.05, 0.1) is 0 Å². The number of hydrogen-bond acceptors (Lipinski definition) is 3. The lowest BCUT2D eigenvalue weighted by molar-refractivity contribution is -0.139. The molecule has 0 bridgehead atoms. The van der Waals surface area contributed by atoms with E-state index in [4.69, 9.17) is 16.7 Å². The van der Waals surface area contributed by atoms with E-state index in [0.717, 1.165) is 12.1 Å². The van der Waals surface area contributed by atoms with Crippen LogP contribution < -0.4 is 4.72 Å². The fourth-order valence-corrected chi connectivity index (χ4v) is 3.15. The Kier molecular flexibility index (Phi) is 5.50. The molecule has 5 nitrogen and oxygen atoms in total. The molecule has 1 aromatic carbocycles. The van der Waals surface area contributed by atoms with Crippen molar-refractivity contribution in [1.82, 2.24) is 4.72 Å². The van der Waals surface area contributed by atoms with E-state index < -0.39 is 32.7 Å². The van der Waals surface area contributed by atoms with Crippen LogP contribution in [0.4, 0.5) is 4.39 Å². The highest BCUT2D eigenvalue weighted by atomic mass is 35.5. The topological polar surface area (TPSA) is 83.5 Å². The van der Waals surface area contributed by atoms with Gasteiger partial charge in [-0.25, -0.2) is 12.8 Å². The summed E-state index contributed by atoms with van der Waals surface area (Å²) in [4.78, 5) is 10.4. The molecular weight excluding hydrogens is 309 g/mol. The molecule has 0 unspecified atom stereocenters. The van der Waals surface area contributed by atoms with Gasteiger partial charge in [0, 0.05) is 5.02 Å². The summed E-state index contributed by atoms with van der Waals surface area (Å²) < 4.78 is 39.6. The fourth-order valence-electron chi connectivity index (χ4n) is 1.60. The van der Waals surface area contributed by atoms with Crippen molar-refractivity contribution in [2.75, 3.05) is 0 Å². The number of sulfonamides is 1. The van der Waals surface area contributed by atoms with E-state index in [1.165, 1.54) is 6.07 Å². The second kappa shape index (κ2) is 6.51. The Hall–Kier alpha value is -1.18. The van der Waals surface area contributed by atoms with Crippen LogP contribution in [-0.2, 0) is 14.8 Å². The number of halogens is 2. The van der Waals surface area contributed by atoms with E-state index >= 15 is 0 Å². The van der Waals surface area contributed by atoms with Crippen molar-refractivity contribution in [3.05, 3.63) is 29.0 Å². The van der Waals surface area contributed by atoms with Gasteiger partial charge in [-0.3, -0.25) is 4.79 Å². The molecule has 0 aliphatic carbocycles. The molecule has 0 heterocycles. The summed E-state index contributed by atoms with van der Waals surface area (Å²) in [5, 5.41) is 9.05. The van der Waals surface area contributed by atoms with Crippen LogP contribution in [0, 0.1) is 11.7 Å². The summed E-state index contributed by atoms with van der Waals surface area (Å²) in [6.07, 6.45) is 0.0940. The van der Waals surface area contributed by atoms with Gasteiger partial charge in [0.25, 0.3) is 0 Å². The summed E-state index contributed by atoms with van der Waals surface area (Å²) in [7, 11) is -4.29. The van der Waals surface area contributed by atoms with Crippen LogP contribution in [0.1, 0.15) is 20.3 Å². The first-order valence-corrected chi connectivity index (χ1v) is 7.69. The second-order valence-electron chi connectivity index (χ2n) is 4.72. The monoisotopic (exact) mass is 323 g/mol. The lowest BCUT2D eigenvalue weighted by atomic mass is 10.1. The zero-order valence-electron chi connectivity index (χ0n) is 10.9. The third-order valence-corrected chi connectivity index (χ3v) is 4.21. The van der Waals surface area contributed by atoms with Crippen molar-refractivity contribution < 1.29 is 22.7 Å². The highest BCUT2D eigenvalue weighted by Crippen LogP contribution is 2.20. The SMILES string of the molecule is CC(C)C[C@@H](NS(=O)(=O)c1cc(Cl)ccc1F)C(=O)O. The van der Waals surface area contributed by atoms with Gasteiger partial charge in [-0.1, -0.05) is 25.4 Å². The molecule has 0 amide bonds. The molecule has 0 fully saturated rings. The van der Waals surface area contributed by atoms with Crippen molar-refractivity contribution in [2.45, 2.75) is 31.2 Å². The first kappa shape index (κ1) is 16.9. The molecule has 0 saturated carbocycles. The Bertz CT molecular complexity index is 603. The molecule has 1 rings (SSSR count). The quantitative estimate of drug-likeness (QED) is 0.841. The Balaban J connectivity index is 3.09. The van der Waals surface area contributed by atoms with Crippen molar-refractivity contribution in [2.24, 2.45) is 5.92 Å². The third-order valence-electron chi connectivity index (χ3n) is 2.49. The minimum absolute atomic E-state index is 0.0389. The van der Waals surface area contributed by atoms with Crippen molar-refractivity contribution in [3.63, 3.8) is 0 Å². The standard InChI is InChI=1S/C12H15ClFNO4S/c1-7(2)5-10(12(16)17)15-20(18,19)11-6-8(13)3-4-9(11)14/h3-4,6-7,10,15H,5H2,1-2H3,(H,16,17)/t10-/m1/s1. The average molecular weight is 324 g/mol. The summed E-state index contributed by atoms with van der Waals surface area (Å²) in [5.41, 5.74) is 0. The maximum Gasteiger partial charge on any atom is 0.321 e. The molecule has 1 atom stereocenters. The molecule has 0 saturated heterocycles. The number of carbonyl (C=O) groups is 1. The summed E-state index contributed by atoms with van der Waals surface area (Å²) in [6, 6.07) is 1.74. The number of rotatable bonds is 6. The normalized spacial score (nSPS) is 13.4. The minimum atomic E-state index is -4.29. The molecule has 1 aromatic rings. The van der Waals surface area contributed by atoms with Gasteiger partial charge in [0.1, 0.15) is 16.8 Å². The molecule has 0 spiro atoms. The number of benzene rings is 1. The van der Waals surface area contributed by atoms with Gasteiger partial charge in [-0.15, -0.1) is 0 Å². The average Bonchev–Trinajstić information content (AvgIpc) is 2.30. The summed E-state index contributed by atoms with van der Waals surface area (Å²) >= 11 is 5.63. The molecular formula is C12H15ClFNO4S. The van der Waals surface area contributed by atoms with Crippen LogP contribution >= 0.6 is 11.6 Å². The van der Waals surface area contributed by atoms with Gasteiger partial charge in [0.15, 0.2) is 0 Å². The van der Waals surface area contributed by atoms with Gasteiger partial charge < -0.3 is 5.11 Å². The van der Waals surface area contributed by atoms with Gasteiger partial charge in [-0.2, -0.15) is 4.72 Å². The van der Waals surface area contributed by atoms with Crippen LogP contribution in [0.3, 0.4) is 0 Å². The molecule has 8 heteroatoms. The van der Waals surface area contributed by atoms with Crippen LogP contribution in [0.25, 0.3) is 0 Å². The molecule has 112 valence electrons. The van der Waals surface area contributed by atoms with Crippen molar-refractivity contribution in [1.29, 1.82) is 0 Å². The predicted octanol–water partition coefficient (Wildman–Crippen LogP) is 2.26. The highest BCUT2D eigenvalue weighted by molar-refractivity contribution is 7.89. The molecule has 0 aliphatic rings. The molecule has 0 radical (unpaired) electrons. The van der Waals surface area contributed by atoms with E-state index in [9.17, 15) is 17.6 Å². The first-order chi connectivity index (χ1) is 9.13. The van der Waals surface area contributed by atoms with Crippen LogP contribution in [-0.4, -0.2) is 25.5 Å². The zero-order valence-corrected chi connectivity index (χ0v) is 12.5. The Morgan fingerprint density at radius 2 is 2.05 bits per heavy atom. The molecule has 0 aromatic heterocycles. The van der Waals surface area contributed by atoms with E-state index in [2.05, 4.69) is 0 Å². The zero-order chi connectivity index (χ0) is 15.5. The van der Waals surface area contributed by atoms with Gasteiger partial charge in [-0.05, 0) is 30.5 Å². The third kappa shape index (κ3) is 4.43. The van der Waals surface area contributed by atoms with E-state index in [1.807, 2.05) is 4.72 Å². The van der Waals surface area contributed by atoms with Crippen LogP contribution in [0.2, 0.25) is 5.02 Å². The maximum atomic E-state index is 13.6. The predicted molar refractivity (Wildman–Crippen MR) is 72.6 cm³/mol. The minimum Gasteiger partial charge on any atom is -0.480 e. The smallest absolute Gasteiger partial charge is 0.321 e. The Morgan fingerprint density at radius 3 is 2.55 bits per heavy atom. The van der Waals surface area contributed by atoms with Crippen molar-refractivity contribution in [3.8, 4) is 0 Å². The maximum absolute atomic E-state index is 13.6. The Labute approximate surface area is 121 Å². The summed E-state index contributed by atoms with van der Waals surface area (Å²) in [5.74, 6) is -2.34. The van der Waals surface area contributed by atoms with Crippen LogP contribution in [0.15, 0.2) is 23.1 Å². The second-order valence-corrected chi connectivity index (χ2v) is 6.84. The van der Waals surface area contributed by atoms with E-state index in [1.54, 1.807) is 13.8 Å². The van der Waals surface area contributed by atoms with Gasteiger partial charge in [0.2, 0.25) is 10.0 Å². The number of aliphatic carboxylic acids is 1. The van der Waals surface area contributed by atoms with E-state index in [-0.39, 0.29) is 17.4 Å². The molecule has 2 N–H and O–H groups in total. The van der Waals surface area contributed by atoms with Crippen LogP contribution in [0.5, 0.6) is 0 Å².